The maximum atomic E-state index is 12.8. The van der Waals surface area contributed by atoms with E-state index in [4.69, 9.17) is 23.2 Å². The number of carbonyl (C=O) groups excluding carboxylic acids is 2. The van der Waals surface area contributed by atoms with Gasteiger partial charge in [-0.15, -0.1) is 0 Å². The molecule has 4 rings (SSSR count). The molecule has 1 saturated heterocycles. The molecule has 2 amide bonds. The first kappa shape index (κ1) is 20.2. The van der Waals surface area contributed by atoms with E-state index in [0.29, 0.717) is 41.3 Å². The van der Waals surface area contributed by atoms with E-state index >= 15 is 0 Å². The summed E-state index contributed by atoms with van der Waals surface area (Å²) < 4.78 is 0. The van der Waals surface area contributed by atoms with Gasteiger partial charge in [-0.05, 0) is 49.1 Å². The van der Waals surface area contributed by atoms with Crippen LogP contribution < -0.4 is 10.2 Å². The highest BCUT2D eigenvalue weighted by Crippen LogP contribution is 2.31. The van der Waals surface area contributed by atoms with E-state index in [2.05, 4.69) is 10.2 Å². The zero-order valence-electron chi connectivity index (χ0n) is 16.0. The summed E-state index contributed by atoms with van der Waals surface area (Å²) in [7, 11) is 0. The van der Waals surface area contributed by atoms with Crippen LogP contribution in [-0.2, 0) is 16.1 Å². The molecular weight excluding hydrogens is 409 g/mol. The highest BCUT2D eigenvalue weighted by atomic mass is 35.5. The van der Waals surface area contributed by atoms with Gasteiger partial charge in [-0.3, -0.25) is 14.5 Å². The van der Waals surface area contributed by atoms with Gasteiger partial charge in [0.15, 0.2) is 0 Å². The van der Waals surface area contributed by atoms with Crippen molar-refractivity contribution in [1.29, 1.82) is 0 Å². The second-order valence-electron chi connectivity index (χ2n) is 7.60. The van der Waals surface area contributed by atoms with E-state index in [-0.39, 0.29) is 18.4 Å². The molecular formula is C22H23Cl2N3O2. The minimum atomic E-state index is -0.0870. The third kappa shape index (κ3) is 4.92. The molecule has 0 spiro atoms. The molecule has 0 bridgehead atoms. The maximum absolute atomic E-state index is 12.8. The van der Waals surface area contributed by atoms with Crippen LogP contribution in [0.4, 0.5) is 11.4 Å². The zero-order valence-corrected chi connectivity index (χ0v) is 17.5. The van der Waals surface area contributed by atoms with Gasteiger partial charge < -0.3 is 10.2 Å². The Hall–Kier alpha value is -2.08. The third-order valence-corrected chi connectivity index (χ3v) is 6.06. The summed E-state index contributed by atoms with van der Waals surface area (Å²) in [5.74, 6) is 0.0157. The Morgan fingerprint density at radius 3 is 2.62 bits per heavy atom. The second-order valence-corrected chi connectivity index (χ2v) is 8.41. The van der Waals surface area contributed by atoms with Crippen molar-refractivity contribution in [3.05, 3.63) is 58.1 Å². The standard InChI is InChI=1S/C22H23Cl2N3O2/c23-17-10-7-15(12-18(17)24)13-26(16-8-9-16)14-21(28)25-19-4-1-2-5-20(19)27-11-3-6-22(27)29/h1-2,4-5,7,10,12,16H,3,6,8-9,11,13-14H2,(H,25,28). The predicted octanol–water partition coefficient (Wildman–Crippen LogP) is 4.72. The molecule has 1 heterocycles. The fourth-order valence-corrected chi connectivity index (χ4v) is 4.04. The number of halogens is 2. The molecule has 1 saturated carbocycles. The Kier molecular flexibility index (Phi) is 6.09. The van der Waals surface area contributed by atoms with Crippen molar-refractivity contribution in [3.8, 4) is 0 Å². The number of hydrogen-bond acceptors (Lipinski definition) is 3. The first-order valence-corrected chi connectivity index (χ1v) is 10.6. The van der Waals surface area contributed by atoms with Gasteiger partial charge in [0, 0.05) is 25.6 Å². The van der Waals surface area contributed by atoms with E-state index in [0.717, 1.165) is 30.5 Å². The van der Waals surface area contributed by atoms with Gasteiger partial charge in [-0.25, -0.2) is 0 Å². The molecule has 5 nitrogen and oxygen atoms in total. The summed E-state index contributed by atoms with van der Waals surface area (Å²) in [6.07, 6.45) is 3.59. The number of nitrogens with one attached hydrogen (secondary N) is 1. The number of rotatable bonds is 7. The summed E-state index contributed by atoms with van der Waals surface area (Å²) in [5, 5.41) is 4.05. The highest BCUT2D eigenvalue weighted by Gasteiger charge is 2.31. The normalized spacial score (nSPS) is 16.5. The number of carbonyl (C=O) groups is 2. The van der Waals surface area contributed by atoms with Crippen molar-refractivity contribution in [2.75, 3.05) is 23.3 Å². The lowest BCUT2D eigenvalue weighted by Crippen LogP contribution is -2.35. The predicted molar refractivity (Wildman–Crippen MR) is 117 cm³/mol. The van der Waals surface area contributed by atoms with Gasteiger partial charge in [0.05, 0.1) is 28.0 Å². The number of benzene rings is 2. The van der Waals surface area contributed by atoms with Crippen LogP contribution in [-0.4, -0.2) is 35.8 Å². The molecule has 152 valence electrons. The average molecular weight is 432 g/mol. The molecule has 0 unspecified atom stereocenters. The van der Waals surface area contributed by atoms with E-state index in [1.165, 1.54) is 0 Å². The lowest BCUT2D eigenvalue weighted by molar-refractivity contribution is -0.118. The number of nitrogens with zero attached hydrogens (tertiary/aromatic N) is 2. The highest BCUT2D eigenvalue weighted by molar-refractivity contribution is 6.42. The molecule has 2 aromatic carbocycles. The Labute approximate surface area is 180 Å². The van der Waals surface area contributed by atoms with Crippen LogP contribution >= 0.6 is 23.2 Å². The smallest absolute Gasteiger partial charge is 0.238 e. The van der Waals surface area contributed by atoms with Crippen molar-refractivity contribution in [2.45, 2.75) is 38.3 Å². The topological polar surface area (TPSA) is 52.7 Å². The molecule has 29 heavy (non-hydrogen) atoms. The van der Waals surface area contributed by atoms with Crippen molar-refractivity contribution >= 4 is 46.4 Å². The molecule has 2 aliphatic rings. The van der Waals surface area contributed by atoms with Crippen LogP contribution in [0.1, 0.15) is 31.2 Å². The van der Waals surface area contributed by atoms with Crippen LogP contribution in [0, 0.1) is 0 Å². The number of para-hydroxylation sites is 2. The van der Waals surface area contributed by atoms with Gasteiger partial charge in [0.1, 0.15) is 0 Å². The number of hydrogen-bond donors (Lipinski definition) is 1. The van der Waals surface area contributed by atoms with Crippen molar-refractivity contribution in [3.63, 3.8) is 0 Å². The molecule has 0 radical (unpaired) electrons. The van der Waals surface area contributed by atoms with Gasteiger partial charge >= 0.3 is 0 Å². The minimum Gasteiger partial charge on any atom is -0.323 e. The van der Waals surface area contributed by atoms with Crippen LogP contribution in [0.15, 0.2) is 42.5 Å². The van der Waals surface area contributed by atoms with Gasteiger partial charge in [-0.2, -0.15) is 0 Å². The molecule has 2 aromatic rings. The van der Waals surface area contributed by atoms with E-state index in [1.54, 1.807) is 11.0 Å². The third-order valence-electron chi connectivity index (χ3n) is 5.32. The molecule has 7 heteroatoms. The van der Waals surface area contributed by atoms with Gasteiger partial charge in [0.2, 0.25) is 11.8 Å². The summed E-state index contributed by atoms with van der Waals surface area (Å²) in [4.78, 5) is 28.9. The van der Waals surface area contributed by atoms with Crippen LogP contribution in [0.25, 0.3) is 0 Å². The van der Waals surface area contributed by atoms with E-state index < -0.39 is 0 Å². The van der Waals surface area contributed by atoms with Gasteiger partial charge in [-0.1, -0.05) is 41.4 Å². The zero-order chi connectivity index (χ0) is 20.4. The lowest BCUT2D eigenvalue weighted by atomic mass is 10.2. The first-order chi connectivity index (χ1) is 14.0. The molecule has 1 aliphatic heterocycles. The summed E-state index contributed by atoms with van der Waals surface area (Å²) in [6.45, 7) is 1.62. The van der Waals surface area contributed by atoms with E-state index in [1.807, 2.05) is 36.4 Å². The minimum absolute atomic E-state index is 0.0870. The second kappa shape index (κ2) is 8.74. The lowest BCUT2D eigenvalue weighted by Gasteiger charge is -2.23. The Morgan fingerprint density at radius 2 is 1.93 bits per heavy atom. The van der Waals surface area contributed by atoms with Crippen molar-refractivity contribution in [1.82, 2.24) is 4.90 Å². The molecule has 1 N–H and O–H groups in total. The van der Waals surface area contributed by atoms with Crippen LogP contribution in [0.2, 0.25) is 10.0 Å². The fourth-order valence-electron chi connectivity index (χ4n) is 3.72. The Balaban J connectivity index is 1.44. The quantitative estimate of drug-likeness (QED) is 0.689. The maximum Gasteiger partial charge on any atom is 0.238 e. The number of anilines is 2. The van der Waals surface area contributed by atoms with E-state index in [9.17, 15) is 9.59 Å². The van der Waals surface area contributed by atoms with Crippen molar-refractivity contribution < 1.29 is 9.59 Å². The van der Waals surface area contributed by atoms with Crippen LogP contribution in [0.3, 0.4) is 0 Å². The Bertz CT molecular complexity index is 930. The van der Waals surface area contributed by atoms with Gasteiger partial charge in [0.25, 0.3) is 0 Å². The summed E-state index contributed by atoms with van der Waals surface area (Å²) >= 11 is 12.1. The summed E-state index contributed by atoms with van der Waals surface area (Å²) in [6, 6.07) is 13.5. The summed E-state index contributed by atoms with van der Waals surface area (Å²) in [5.41, 5.74) is 2.48. The molecule has 0 atom stereocenters. The molecule has 0 aromatic heterocycles. The first-order valence-electron chi connectivity index (χ1n) is 9.88. The fraction of sp³-hybridized carbons (Fsp3) is 0.364. The molecule has 1 aliphatic carbocycles. The SMILES string of the molecule is O=C(CN(Cc1ccc(Cl)c(Cl)c1)C1CC1)Nc1ccccc1N1CCCC1=O. The largest absolute Gasteiger partial charge is 0.323 e. The average Bonchev–Trinajstić information content (AvgIpc) is 3.46. The van der Waals surface area contributed by atoms with Crippen LogP contribution in [0.5, 0.6) is 0 Å². The Morgan fingerprint density at radius 1 is 1.14 bits per heavy atom. The van der Waals surface area contributed by atoms with Crippen molar-refractivity contribution in [2.24, 2.45) is 0 Å². The molecule has 2 fully saturated rings. The monoisotopic (exact) mass is 431 g/mol. The number of amides is 2.